The molecular formula is C11H14O2S2. The van der Waals surface area contributed by atoms with Crippen molar-refractivity contribution in [2.45, 2.75) is 24.2 Å². The van der Waals surface area contributed by atoms with Gasteiger partial charge in [-0.2, -0.15) is 0 Å². The highest BCUT2D eigenvalue weighted by Crippen LogP contribution is 2.32. The highest BCUT2D eigenvalue weighted by atomic mass is 33.1. The summed E-state index contributed by atoms with van der Waals surface area (Å²) in [7, 11) is 3.61. The predicted octanol–water partition coefficient (Wildman–Crippen LogP) is 3.19. The Morgan fingerprint density at radius 1 is 1.33 bits per heavy atom. The third kappa shape index (κ3) is 3.72. The summed E-state index contributed by atoms with van der Waals surface area (Å²) >= 11 is 0. The summed E-state index contributed by atoms with van der Waals surface area (Å²) in [4.78, 5) is 1.29. The molecule has 0 saturated carbocycles. The average molecular weight is 242 g/mol. The Labute approximate surface area is 98.1 Å². The number of ether oxygens (including phenoxy) is 2. The molecule has 1 saturated heterocycles. The predicted molar refractivity (Wildman–Crippen MR) is 65.0 cm³/mol. The van der Waals surface area contributed by atoms with Gasteiger partial charge in [0, 0.05) is 10.6 Å². The van der Waals surface area contributed by atoms with Gasteiger partial charge in [0.05, 0.1) is 12.7 Å². The van der Waals surface area contributed by atoms with Gasteiger partial charge >= 0.3 is 0 Å². The molecule has 2 nitrogen and oxygen atoms in total. The van der Waals surface area contributed by atoms with E-state index in [2.05, 4.69) is 24.3 Å². The summed E-state index contributed by atoms with van der Waals surface area (Å²) in [6, 6.07) is 10.4. The van der Waals surface area contributed by atoms with Crippen molar-refractivity contribution in [3.05, 3.63) is 30.3 Å². The summed E-state index contributed by atoms with van der Waals surface area (Å²) in [5.41, 5.74) is 0. The molecule has 2 rings (SSSR count). The standard InChI is InChI=1S/C11H14O2S2/c1-9-12-7-10(13-9)8-14-15-11-5-3-2-4-6-11/h2-6,9-10H,7-8H2,1H3. The first-order chi connectivity index (χ1) is 7.34. The van der Waals surface area contributed by atoms with Crippen LogP contribution >= 0.6 is 21.6 Å². The fourth-order valence-corrected chi connectivity index (χ4v) is 3.53. The van der Waals surface area contributed by atoms with Crippen LogP contribution in [0, 0.1) is 0 Å². The Hall–Kier alpha value is -0.160. The first-order valence-electron chi connectivity index (χ1n) is 4.96. The number of hydrogen-bond donors (Lipinski definition) is 0. The van der Waals surface area contributed by atoms with Gasteiger partial charge in [-0.3, -0.25) is 0 Å². The van der Waals surface area contributed by atoms with Crippen LogP contribution in [0.5, 0.6) is 0 Å². The number of rotatable bonds is 4. The van der Waals surface area contributed by atoms with Gasteiger partial charge in [0.25, 0.3) is 0 Å². The molecule has 4 heteroatoms. The van der Waals surface area contributed by atoms with Crippen molar-refractivity contribution in [3.63, 3.8) is 0 Å². The van der Waals surface area contributed by atoms with Gasteiger partial charge in [-0.1, -0.05) is 39.8 Å². The molecule has 0 aliphatic carbocycles. The maximum Gasteiger partial charge on any atom is 0.155 e. The average Bonchev–Trinajstić information content (AvgIpc) is 2.66. The van der Waals surface area contributed by atoms with Gasteiger partial charge in [-0.25, -0.2) is 0 Å². The van der Waals surface area contributed by atoms with Gasteiger partial charge in [-0.15, -0.1) is 0 Å². The minimum atomic E-state index is -0.0303. The second kappa shape index (κ2) is 5.80. The Balaban J connectivity index is 1.67. The van der Waals surface area contributed by atoms with Crippen molar-refractivity contribution >= 4 is 21.6 Å². The molecular weight excluding hydrogens is 228 g/mol. The number of hydrogen-bond acceptors (Lipinski definition) is 4. The van der Waals surface area contributed by atoms with Crippen LogP contribution < -0.4 is 0 Å². The van der Waals surface area contributed by atoms with E-state index in [1.807, 2.05) is 23.8 Å². The molecule has 1 aliphatic rings. The lowest BCUT2D eigenvalue weighted by molar-refractivity contribution is -0.0382. The van der Waals surface area contributed by atoms with Gasteiger partial charge in [0.1, 0.15) is 0 Å². The molecule has 1 aromatic rings. The molecule has 2 unspecified atom stereocenters. The van der Waals surface area contributed by atoms with E-state index in [0.717, 1.165) is 12.4 Å². The Morgan fingerprint density at radius 3 is 2.80 bits per heavy atom. The molecule has 2 atom stereocenters. The monoisotopic (exact) mass is 242 g/mol. The van der Waals surface area contributed by atoms with E-state index in [-0.39, 0.29) is 12.4 Å². The van der Waals surface area contributed by atoms with Crippen molar-refractivity contribution in [1.82, 2.24) is 0 Å². The molecule has 0 aromatic heterocycles. The lowest BCUT2D eigenvalue weighted by atomic mass is 10.4. The lowest BCUT2D eigenvalue weighted by Gasteiger charge is -2.07. The molecule has 0 bridgehead atoms. The van der Waals surface area contributed by atoms with Gasteiger partial charge in [0.2, 0.25) is 0 Å². The minimum absolute atomic E-state index is 0.0303. The maximum atomic E-state index is 5.54. The van der Waals surface area contributed by atoms with Crippen LogP contribution in [0.15, 0.2) is 35.2 Å². The van der Waals surface area contributed by atoms with Crippen LogP contribution in [-0.2, 0) is 9.47 Å². The minimum Gasteiger partial charge on any atom is -0.350 e. The molecule has 1 fully saturated rings. The molecule has 1 heterocycles. The van der Waals surface area contributed by atoms with Crippen molar-refractivity contribution in [3.8, 4) is 0 Å². The molecule has 15 heavy (non-hydrogen) atoms. The van der Waals surface area contributed by atoms with Crippen LogP contribution in [-0.4, -0.2) is 24.8 Å². The Morgan fingerprint density at radius 2 is 2.13 bits per heavy atom. The fourth-order valence-electron chi connectivity index (χ4n) is 1.33. The zero-order valence-electron chi connectivity index (χ0n) is 8.59. The summed E-state index contributed by atoms with van der Waals surface area (Å²) in [6.45, 7) is 2.67. The van der Waals surface area contributed by atoms with Crippen molar-refractivity contribution in [2.24, 2.45) is 0 Å². The molecule has 1 aromatic carbocycles. The second-order valence-corrected chi connectivity index (χ2v) is 5.75. The van der Waals surface area contributed by atoms with Crippen LogP contribution in [0.3, 0.4) is 0 Å². The molecule has 0 amide bonds. The first kappa shape index (κ1) is 11.3. The van der Waals surface area contributed by atoms with Gasteiger partial charge < -0.3 is 9.47 Å². The largest absolute Gasteiger partial charge is 0.350 e. The smallest absolute Gasteiger partial charge is 0.155 e. The topological polar surface area (TPSA) is 18.5 Å². The van der Waals surface area contributed by atoms with Crippen molar-refractivity contribution in [2.75, 3.05) is 12.4 Å². The zero-order valence-corrected chi connectivity index (χ0v) is 10.2. The second-order valence-electron chi connectivity index (χ2n) is 3.34. The molecule has 0 radical (unpaired) electrons. The molecule has 0 N–H and O–H groups in total. The summed E-state index contributed by atoms with van der Waals surface area (Å²) in [6.07, 6.45) is 0.221. The fraction of sp³-hybridized carbons (Fsp3) is 0.455. The van der Waals surface area contributed by atoms with Crippen molar-refractivity contribution < 1.29 is 9.47 Å². The third-order valence-corrected chi connectivity index (χ3v) is 4.48. The van der Waals surface area contributed by atoms with E-state index in [4.69, 9.17) is 9.47 Å². The van der Waals surface area contributed by atoms with E-state index in [0.29, 0.717) is 0 Å². The summed E-state index contributed by atoms with van der Waals surface area (Å²) in [5, 5.41) is 0. The van der Waals surface area contributed by atoms with Gasteiger partial charge in [0.15, 0.2) is 6.29 Å². The highest BCUT2D eigenvalue weighted by Gasteiger charge is 2.22. The van der Waals surface area contributed by atoms with Crippen LogP contribution in [0.2, 0.25) is 0 Å². The van der Waals surface area contributed by atoms with E-state index >= 15 is 0 Å². The first-order valence-corrected chi connectivity index (χ1v) is 7.28. The van der Waals surface area contributed by atoms with E-state index in [1.165, 1.54) is 4.90 Å². The van der Waals surface area contributed by atoms with Crippen LogP contribution in [0.1, 0.15) is 6.92 Å². The van der Waals surface area contributed by atoms with Crippen LogP contribution in [0.4, 0.5) is 0 Å². The SMILES string of the molecule is CC1OCC(CSSc2ccccc2)O1. The zero-order chi connectivity index (χ0) is 10.5. The maximum absolute atomic E-state index is 5.54. The van der Waals surface area contributed by atoms with E-state index < -0.39 is 0 Å². The summed E-state index contributed by atoms with van der Waals surface area (Å²) < 4.78 is 10.9. The third-order valence-electron chi connectivity index (χ3n) is 2.05. The van der Waals surface area contributed by atoms with E-state index in [9.17, 15) is 0 Å². The van der Waals surface area contributed by atoms with Crippen LogP contribution in [0.25, 0.3) is 0 Å². The Bertz CT molecular complexity index is 292. The molecule has 82 valence electrons. The highest BCUT2D eigenvalue weighted by molar-refractivity contribution is 8.76. The van der Waals surface area contributed by atoms with E-state index in [1.54, 1.807) is 10.8 Å². The summed E-state index contributed by atoms with van der Waals surface area (Å²) in [5.74, 6) is 0.976. The quantitative estimate of drug-likeness (QED) is 0.754. The normalized spacial score (nSPS) is 25.7. The number of benzene rings is 1. The Kier molecular flexibility index (Phi) is 4.38. The van der Waals surface area contributed by atoms with Crippen molar-refractivity contribution in [1.29, 1.82) is 0 Å². The van der Waals surface area contributed by atoms with Gasteiger partial charge in [-0.05, 0) is 19.1 Å². The molecule has 0 spiro atoms. The molecule has 1 aliphatic heterocycles. The lowest BCUT2D eigenvalue weighted by Crippen LogP contribution is -2.12.